The van der Waals surface area contributed by atoms with Gasteiger partial charge in [0.1, 0.15) is 0 Å². The number of hydrogen-bond donors (Lipinski definition) is 1. The van der Waals surface area contributed by atoms with E-state index in [0.29, 0.717) is 50.6 Å². The molecule has 1 heterocycles. The van der Waals surface area contributed by atoms with Crippen molar-refractivity contribution in [1.29, 1.82) is 0 Å². The predicted octanol–water partition coefficient (Wildman–Crippen LogP) is 0.571. The number of carbonyl (C=O) groups excluding carboxylic acids is 2. The van der Waals surface area contributed by atoms with Gasteiger partial charge in [-0.3, -0.25) is 24.6 Å². The summed E-state index contributed by atoms with van der Waals surface area (Å²) in [6.07, 6.45) is 0.766. The van der Waals surface area contributed by atoms with Gasteiger partial charge in [0.2, 0.25) is 5.91 Å². The Morgan fingerprint density at radius 1 is 1.24 bits per heavy atom. The molecular weight excluding hydrogens is 378 g/mol. The van der Waals surface area contributed by atoms with Crippen molar-refractivity contribution in [3.63, 3.8) is 0 Å². The summed E-state index contributed by atoms with van der Waals surface area (Å²) in [7, 11) is 5.21. The summed E-state index contributed by atoms with van der Waals surface area (Å²) in [6.45, 7) is 3.54. The molecule has 0 saturated carbocycles. The van der Waals surface area contributed by atoms with Gasteiger partial charge in [0.05, 0.1) is 17.0 Å². The third-order valence-electron chi connectivity index (χ3n) is 4.78. The third-order valence-corrected chi connectivity index (χ3v) is 4.78. The zero-order valence-electron chi connectivity index (χ0n) is 17.2. The molecule has 0 unspecified atom stereocenters. The SMILES string of the molecule is COCCCNC(=O)CN1CCN(C(=O)c2cc([N+](=O)[O-])ccc2N(C)C)CC1. The van der Waals surface area contributed by atoms with Gasteiger partial charge >= 0.3 is 0 Å². The van der Waals surface area contributed by atoms with E-state index in [4.69, 9.17) is 4.74 Å². The van der Waals surface area contributed by atoms with Crippen LogP contribution in [0.2, 0.25) is 0 Å². The molecule has 1 saturated heterocycles. The molecule has 0 aromatic heterocycles. The third kappa shape index (κ3) is 6.40. The average Bonchev–Trinajstić information content (AvgIpc) is 2.70. The number of carbonyl (C=O) groups is 2. The summed E-state index contributed by atoms with van der Waals surface area (Å²) in [5, 5.41) is 14.0. The molecule has 160 valence electrons. The Labute approximate surface area is 170 Å². The zero-order chi connectivity index (χ0) is 21.4. The maximum absolute atomic E-state index is 13.0. The van der Waals surface area contributed by atoms with Gasteiger partial charge in [0.25, 0.3) is 11.6 Å². The number of methoxy groups -OCH3 is 1. The molecule has 2 amide bonds. The smallest absolute Gasteiger partial charge is 0.270 e. The number of hydrogen-bond acceptors (Lipinski definition) is 7. The number of benzene rings is 1. The Kier molecular flexibility index (Phi) is 8.34. The first-order valence-electron chi connectivity index (χ1n) is 9.56. The highest BCUT2D eigenvalue weighted by Crippen LogP contribution is 2.26. The van der Waals surface area contributed by atoms with Gasteiger partial charge < -0.3 is 19.9 Å². The van der Waals surface area contributed by atoms with E-state index in [2.05, 4.69) is 5.32 Å². The van der Waals surface area contributed by atoms with E-state index in [1.54, 1.807) is 37.1 Å². The first-order chi connectivity index (χ1) is 13.8. The van der Waals surface area contributed by atoms with Crippen LogP contribution in [0.1, 0.15) is 16.8 Å². The van der Waals surface area contributed by atoms with Crippen molar-refractivity contribution in [1.82, 2.24) is 15.1 Å². The van der Waals surface area contributed by atoms with E-state index in [9.17, 15) is 19.7 Å². The molecule has 1 fully saturated rings. The number of piperazine rings is 1. The number of amides is 2. The molecule has 0 spiro atoms. The minimum Gasteiger partial charge on any atom is -0.385 e. The highest BCUT2D eigenvalue weighted by molar-refractivity contribution is 6.00. The second-order valence-corrected chi connectivity index (χ2v) is 7.12. The van der Waals surface area contributed by atoms with Crippen LogP contribution in [0.4, 0.5) is 11.4 Å². The van der Waals surface area contributed by atoms with Crippen LogP contribution >= 0.6 is 0 Å². The number of nitro groups is 1. The standard InChI is InChI=1S/C19H29N5O5/c1-21(2)17-6-5-15(24(27)28)13-16(17)19(26)23-10-8-22(9-11-23)14-18(25)20-7-4-12-29-3/h5-6,13H,4,7-12,14H2,1-3H3,(H,20,25). The Morgan fingerprint density at radius 3 is 2.52 bits per heavy atom. The molecule has 0 bridgehead atoms. The largest absolute Gasteiger partial charge is 0.385 e. The fourth-order valence-corrected chi connectivity index (χ4v) is 3.18. The summed E-state index contributed by atoms with van der Waals surface area (Å²) in [4.78, 5) is 41.0. The molecule has 0 aliphatic carbocycles. The van der Waals surface area contributed by atoms with Crippen LogP contribution in [0.3, 0.4) is 0 Å². The van der Waals surface area contributed by atoms with Crippen molar-refractivity contribution in [3.8, 4) is 0 Å². The van der Waals surface area contributed by atoms with Crippen molar-refractivity contribution in [2.45, 2.75) is 6.42 Å². The van der Waals surface area contributed by atoms with Gasteiger partial charge in [-0.25, -0.2) is 0 Å². The van der Waals surface area contributed by atoms with Crippen molar-refractivity contribution in [2.24, 2.45) is 0 Å². The lowest BCUT2D eigenvalue weighted by Crippen LogP contribution is -2.51. The Hall–Kier alpha value is -2.72. The van der Waals surface area contributed by atoms with Gasteiger partial charge in [-0.2, -0.15) is 0 Å². The lowest BCUT2D eigenvalue weighted by Gasteiger charge is -2.34. The van der Waals surface area contributed by atoms with Gasteiger partial charge in [-0.15, -0.1) is 0 Å². The number of ether oxygens (including phenoxy) is 1. The van der Waals surface area contributed by atoms with Crippen molar-refractivity contribution < 1.29 is 19.2 Å². The summed E-state index contributed by atoms with van der Waals surface area (Å²) >= 11 is 0. The van der Waals surface area contributed by atoms with E-state index in [0.717, 1.165) is 6.42 Å². The lowest BCUT2D eigenvalue weighted by molar-refractivity contribution is -0.384. The van der Waals surface area contributed by atoms with Gasteiger partial charge in [-0.1, -0.05) is 0 Å². The first kappa shape index (κ1) is 22.6. The highest BCUT2D eigenvalue weighted by atomic mass is 16.6. The molecular formula is C19H29N5O5. The second kappa shape index (κ2) is 10.7. The van der Waals surface area contributed by atoms with Crippen molar-refractivity contribution >= 4 is 23.2 Å². The summed E-state index contributed by atoms with van der Waals surface area (Å²) < 4.78 is 4.95. The normalized spacial score (nSPS) is 14.5. The van der Waals surface area contributed by atoms with Crippen LogP contribution in [0.5, 0.6) is 0 Å². The van der Waals surface area contributed by atoms with Crippen LogP contribution < -0.4 is 10.2 Å². The van der Waals surface area contributed by atoms with E-state index >= 15 is 0 Å². The number of anilines is 1. The molecule has 10 nitrogen and oxygen atoms in total. The van der Waals surface area contributed by atoms with Crippen LogP contribution in [-0.4, -0.2) is 93.6 Å². The van der Waals surface area contributed by atoms with Gasteiger partial charge in [-0.05, 0) is 12.5 Å². The van der Waals surface area contributed by atoms with E-state index in [-0.39, 0.29) is 24.0 Å². The van der Waals surface area contributed by atoms with Crippen molar-refractivity contribution in [2.75, 3.05) is 72.0 Å². The molecule has 1 aliphatic rings. The van der Waals surface area contributed by atoms with Crippen LogP contribution in [-0.2, 0) is 9.53 Å². The minimum atomic E-state index is -0.501. The molecule has 1 aromatic carbocycles. The topological polar surface area (TPSA) is 108 Å². The molecule has 2 rings (SSSR count). The average molecular weight is 407 g/mol. The molecule has 10 heteroatoms. The van der Waals surface area contributed by atoms with Crippen LogP contribution in [0.25, 0.3) is 0 Å². The maximum Gasteiger partial charge on any atom is 0.270 e. The number of nitrogens with one attached hydrogen (secondary N) is 1. The molecule has 0 atom stereocenters. The highest BCUT2D eigenvalue weighted by Gasteiger charge is 2.26. The number of nitro benzene ring substituents is 1. The number of rotatable bonds is 9. The molecule has 29 heavy (non-hydrogen) atoms. The Morgan fingerprint density at radius 2 is 1.93 bits per heavy atom. The quantitative estimate of drug-likeness (QED) is 0.362. The van der Waals surface area contributed by atoms with Gasteiger partial charge in [0.15, 0.2) is 0 Å². The number of non-ortho nitro benzene ring substituents is 1. The molecule has 1 aliphatic heterocycles. The first-order valence-corrected chi connectivity index (χ1v) is 9.56. The fraction of sp³-hybridized carbons (Fsp3) is 0.579. The monoisotopic (exact) mass is 407 g/mol. The minimum absolute atomic E-state index is 0.0468. The summed E-state index contributed by atoms with van der Waals surface area (Å²) in [5.74, 6) is -0.282. The Balaban J connectivity index is 1.94. The van der Waals surface area contributed by atoms with E-state index < -0.39 is 4.92 Å². The lowest BCUT2D eigenvalue weighted by atomic mass is 10.1. The molecule has 1 aromatic rings. The molecule has 0 radical (unpaired) electrons. The summed E-state index contributed by atoms with van der Waals surface area (Å²) in [6, 6.07) is 4.32. The van der Waals surface area contributed by atoms with E-state index in [1.807, 2.05) is 4.90 Å². The number of nitrogens with zero attached hydrogens (tertiary/aromatic N) is 4. The predicted molar refractivity (Wildman–Crippen MR) is 109 cm³/mol. The maximum atomic E-state index is 13.0. The second-order valence-electron chi connectivity index (χ2n) is 7.12. The van der Waals surface area contributed by atoms with Crippen LogP contribution in [0, 0.1) is 10.1 Å². The fourth-order valence-electron chi connectivity index (χ4n) is 3.18. The van der Waals surface area contributed by atoms with Crippen LogP contribution in [0.15, 0.2) is 18.2 Å². The zero-order valence-corrected chi connectivity index (χ0v) is 17.2. The molecule has 1 N–H and O–H groups in total. The Bertz CT molecular complexity index is 732. The van der Waals surface area contributed by atoms with Gasteiger partial charge in [0, 0.05) is 78.4 Å². The van der Waals surface area contributed by atoms with Crippen molar-refractivity contribution in [3.05, 3.63) is 33.9 Å². The van der Waals surface area contributed by atoms with E-state index in [1.165, 1.54) is 12.1 Å². The summed E-state index contributed by atoms with van der Waals surface area (Å²) in [5.41, 5.74) is 0.842.